The van der Waals surface area contributed by atoms with Crippen LogP contribution in [-0.2, 0) is 6.54 Å². The van der Waals surface area contributed by atoms with Gasteiger partial charge in [-0.15, -0.1) is 0 Å². The van der Waals surface area contributed by atoms with Crippen LogP contribution in [-0.4, -0.2) is 9.67 Å². The van der Waals surface area contributed by atoms with Crippen molar-refractivity contribution in [2.24, 2.45) is 0 Å². The molecule has 0 spiro atoms. The summed E-state index contributed by atoms with van der Waals surface area (Å²) in [5.41, 5.74) is 3.42. The van der Waals surface area contributed by atoms with Gasteiger partial charge in [-0.2, -0.15) is 0 Å². The first-order chi connectivity index (χ1) is 10.8. The van der Waals surface area contributed by atoms with Crippen molar-refractivity contribution in [2.45, 2.75) is 6.54 Å². The molecule has 0 saturated carbocycles. The molecule has 0 amide bonds. The summed E-state index contributed by atoms with van der Waals surface area (Å²) in [7, 11) is 0. The number of hydrogen-bond acceptors (Lipinski definition) is 1. The van der Waals surface area contributed by atoms with Gasteiger partial charge in [0, 0.05) is 17.4 Å². The van der Waals surface area contributed by atoms with E-state index in [-0.39, 0.29) is 0 Å². The molecule has 1 heterocycles. The zero-order chi connectivity index (χ0) is 15.1. The number of para-hydroxylation sites is 1. The Hall–Kier alpha value is -2.26. The average Bonchev–Trinajstić information content (AvgIpc) is 2.87. The Morgan fingerprint density at radius 2 is 1.55 bits per heavy atom. The molecule has 0 aliphatic heterocycles. The fourth-order valence-electron chi connectivity index (χ4n) is 3.03. The smallest absolute Gasteiger partial charge is 0.139 e. The molecule has 0 aliphatic rings. The molecule has 2 nitrogen and oxygen atoms in total. The lowest BCUT2D eigenvalue weighted by molar-refractivity contribution is 0.478. The fraction of sp³-hybridized carbons (Fsp3) is 0.0526. The molecule has 4 rings (SSSR count). The van der Waals surface area contributed by atoms with Crippen LogP contribution in [0.15, 0.2) is 71.2 Å². The van der Waals surface area contributed by atoms with E-state index < -0.39 is 0 Å². The van der Waals surface area contributed by atoms with Gasteiger partial charge < -0.3 is 9.67 Å². The van der Waals surface area contributed by atoms with Crippen LogP contribution < -0.4 is 0 Å². The van der Waals surface area contributed by atoms with Gasteiger partial charge in [0.05, 0.1) is 15.4 Å². The summed E-state index contributed by atoms with van der Waals surface area (Å²) in [6, 6.07) is 22.5. The lowest BCUT2D eigenvalue weighted by Crippen LogP contribution is -1.98. The molecule has 0 aliphatic carbocycles. The fourth-order valence-corrected chi connectivity index (χ4v) is 3.36. The normalized spacial score (nSPS) is 11.3. The second kappa shape index (κ2) is 5.18. The quantitative estimate of drug-likeness (QED) is 0.520. The molecule has 3 heteroatoms. The van der Waals surface area contributed by atoms with E-state index in [1.54, 1.807) is 0 Å². The Kier molecular flexibility index (Phi) is 3.16. The number of fused-ring (bicyclic) bond motifs is 3. The van der Waals surface area contributed by atoms with Crippen LogP contribution >= 0.6 is 15.9 Å². The van der Waals surface area contributed by atoms with Crippen LogP contribution in [0.1, 0.15) is 5.56 Å². The maximum Gasteiger partial charge on any atom is 0.139 e. The molecule has 108 valence electrons. The molecule has 1 aromatic heterocycles. The monoisotopic (exact) mass is 351 g/mol. The number of aromatic nitrogens is 1. The third-order valence-electron chi connectivity index (χ3n) is 4.05. The first-order valence-corrected chi connectivity index (χ1v) is 7.97. The van der Waals surface area contributed by atoms with Crippen molar-refractivity contribution in [1.82, 2.24) is 4.57 Å². The van der Waals surface area contributed by atoms with E-state index in [1.807, 2.05) is 24.3 Å². The lowest BCUT2D eigenvalue weighted by Gasteiger charge is -2.08. The van der Waals surface area contributed by atoms with Crippen molar-refractivity contribution in [3.8, 4) is 5.75 Å². The van der Waals surface area contributed by atoms with Crippen LogP contribution in [0.5, 0.6) is 5.75 Å². The third kappa shape index (κ3) is 2.01. The molecule has 0 unspecified atom stereocenters. The molecule has 0 saturated heterocycles. The van der Waals surface area contributed by atoms with E-state index in [0.717, 1.165) is 32.8 Å². The highest BCUT2D eigenvalue weighted by atomic mass is 79.9. The number of benzene rings is 3. The van der Waals surface area contributed by atoms with E-state index in [4.69, 9.17) is 0 Å². The SMILES string of the molecule is Oc1c(Br)ccc2c1c1ccccc1n2Cc1ccccc1. The van der Waals surface area contributed by atoms with Crippen molar-refractivity contribution in [3.05, 3.63) is 76.8 Å². The molecule has 0 fully saturated rings. The van der Waals surface area contributed by atoms with Crippen LogP contribution in [0.3, 0.4) is 0 Å². The van der Waals surface area contributed by atoms with Gasteiger partial charge in [-0.05, 0) is 39.7 Å². The summed E-state index contributed by atoms with van der Waals surface area (Å²) in [5, 5.41) is 12.5. The summed E-state index contributed by atoms with van der Waals surface area (Å²) >= 11 is 3.42. The minimum absolute atomic E-state index is 0.306. The highest BCUT2D eigenvalue weighted by Crippen LogP contribution is 2.39. The van der Waals surface area contributed by atoms with Gasteiger partial charge in [0.15, 0.2) is 0 Å². The number of aromatic hydroxyl groups is 1. The predicted molar refractivity (Wildman–Crippen MR) is 94.4 cm³/mol. The first-order valence-electron chi connectivity index (χ1n) is 7.18. The number of phenols is 1. The Bertz CT molecular complexity index is 973. The lowest BCUT2D eigenvalue weighted by atomic mass is 10.1. The van der Waals surface area contributed by atoms with E-state index in [9.17, 15) is 5.11 Å². The summed E-state index contributed by atoms with van der Waals surface area (Å²) < 4.78 is 2.98. The van der Waals surface area contributed by atoms with Gasteiger partial charge in [-0.3, -0.25) is 0 Å². The Labute approximate surface area is 136 Å². The molecule has 0 bridgehead atoms. The number of phenolic OH excluding ortho intramolecular Hbond substituents is 1. The van der Waals surface area contributed by atoms with Gasteiger partial charge in [-0.25, -0.2) is 0 Å². The highest BCUT2D eigenvalue weighted by molar-refractivity contribution is 9.10. The third-order valence-corrected chi connectivity index (χ3v) is 4.69. The zero-order valence-corrected chi connectivity index (χ0v) is 13.4. The van der Waals surface area contributed by atoms with Crippen molar-refractivity contribution in [3.63, 3.8) is 0 Å². The van der Waals surface area contributed by atoms with E-state index in [1.165, 1.54) is 5.56 Å². The van der Waals surface area contributed by atoms with Gasteiger partial charge in [-0.1, -0.05) is 48.5 Å². The first kappa shape index (κ1) is 13.4. The molecule has 0 atom stereocenters. The second-order valence-electron chi connectivity index (χ2n) is 5.38. The maximum absolute atomic E-state index is 10.5. The minimum Gasteiger partial charge on any atom is -0.506 e. The average molecular weight is 352 g/mol. The zero-order valence-electron chi connectivity index (χ0n) is 11.8. The topological polar surface area (TPSA) is 25.2 Å². The molecule has 4 aromatic rings. The predicted octanol–water partition coefficient (Wildman–Crippen LogP) is 5.31. The van der Waals surface area contributed by atoms with Crippen LogP contribution in [0.2, 0.25) is 0 Å². The Balaban J connectivity index is 2.06. The molecule has 22 heavy (non-hydrogen) atoms. The van der Waals surface area contributed by atoms with Crippen LogP contribution in [0, 0.1) is 0 Å². The Morgan fingerprint density at radius 3 is 2.36 bits per heavy atom. The Morgan fingerprint density at radius 1 is 0.818 bits per heavy atom. The maximum atomic E-state index is 10.5. The molecular formula is C19H14BrNO. The summed E-state index contributed by atoms with van der Waals surface area (Å²) in [6.45, 7) is 0.784. The highest BCUT2D eigenvalue weighted by Gasteiger charge is 2.15. The second-order valence-corrected chi connectivity index (χ2v) is 6.23. The van der Waals surface area contributed by atoms with Crippen molar-refractivity contribution >= 4 is 37.7 Å². The molecule has 1 N–H and O–H groups in total. The van der Waals surface area contributed by atoms with Gasteiger partial charge in [0.25, 0.3) is 0 Å². The molecular weight excluding hydrogens is 338 g/mol. The molecule has 3 aromatic carbocycles. The molecule has 0 radical (unpaired) electrons. The summed E-state index contributed by atoms with van der Waals surface area (Å²) in [4.78, 5) is 0. The minimum atomic E-state index is 0.306. The van der Waals surface area contributed by atoms with Gasteiger partial charge >= 0.3 is 0 Å². The largest absolute Gasteiger partial charge is 0.506 e. The van der Waals surface area contributed by atoms with Gasteiger partial charge in [0.1, 0.15) is 5.75 Å². The van der Waals surface area contributed by atoms with E-state index in [2.05, 4.69) is 63.0 Å². The van der Waals surface area contributed by atoms with Crippen LogP contribution in [0.4, 0.5) is 0 Å². The van der Waals surface area contributed by atoms with Crippen molar-refractivity contribution in [2.75, 3.05) is 0 Å². The van der Waals surface area contributed by atoms with Crippen molar-refractivity contribution in [1.29, 1.82) is 0 Å². The van der Waals surface area contributed by atoms with Crippen molar-refractivity contribution < 1.29 is 5.11 Å². The number of rotatable bonds is 2. The van der Waals surface area contributed by atoms with Gasteiger partial charge in [0.2, 0.25) is 0 Å². The number of nitrogens with zero attached hydrogens (tertiary/aromatic N) is 1. The summed E-state index contributed by atoms with van der Waals surface area (Å²) in [5.74, 6) is 0.306. The standard InChI is InChI=1S/C19H14BrNO/c20-15-10-11-17-18(19(15)22)14-8-4-5-9-16(14)21(17)12-13-6-2-1-3-7-13/h1-11,22H,12H2. The number of halogens is 1. The van der Waals surface area contributed by atoms with E-state index in [0.29, 0.717) is 5.75 Å². The summed E-state index contributed by atoms with van der Waals surface area (Å²) in [6.07, 6.45) is 0. The number of hydrogen-bond donors (Lipinski definition) is 1. The van der Waals surface area contributed by atoms with E-state index >= 15 is 0 Å². The van der Waals surface area contributed by atoms with Crippen LogP contribution in [0.25, 0.3) is 21.8 Å².